The van der Waals surface area contributed by atoms with Gasteiger partial charge in [-0.05, 0) is 140 Å². The maximum absolute atomic E-state index is 15.4. The van der Waals surface area contributed by atoms with Crippen molar-refractivity contribution in [3.05, 3.63) is 107 Å². The van der Waals surface area contributed by atoms with Gasteiger partial charge in [0.15, 0.2) is 17.3 Å². The molecule has 0 radical (unpaired) electrons. The normalized spacial score (nSPS) is 16.3. The second kappa shape index (κ2) is 28.4. The van der Waals surface area contributed by atoms with Crippen molar-refractivity contribution in [1.29, 1.82) is 0 Å². The number of nitrogens with one attached hydrogen (secondary N) is 2. The van der Waals surface area contributed by atoms with Gasteiger partial charge in [0.1, 0.15) is 34.3 Å². The van der Waals surface area contributed by atoms with Crippen LogP contribution in [0.2, 0.25) is 5.02 Å². The number of benzene rings is 4. The molecular formula is C63H76ClN3O16. The molecule has 19 nitrogen and oxygen atoms in total. The van der Waals surface area contributed by atoms with E-state index in [0.717, 1.165) is 18.2 Å². The third-order valence-corrected chi connectivity index (χ3v) is 13.4. The van der Waals surface area contributed by atoms with Crippen LogP contribution in [0.25, 0.3) is 22.3 Å². The molecule has 0 fully saturated rings. The molecule has 446 valence electrons. The number of esters is 1. The Morgan fingerprint density at radius 2 is 1.24 bits per heavy atom. The van der Waals surface area contributed by atoms with E-state index in [9.17, 15) is 38.4 Å². The van der Waals surface area contributed by atoms with Crippen LogP contribution in [0.1, 0.15) is 142 Å². The molecule has 0 aromatic heterocycles. The van der Waals surface area contributed by atoms with Crippen molar-refractivity contribution >= 4 is 70.9 Å². The molecule has 2 N–H and O–H groups in total. The Bertz CT molecular complexity index is 3060. The Labute approximate surface area is 489 Å². The first-order chi connectivity index (χ1) is 38.7. The number of methoxy groups -OCH3 is 1. The minimum atomic E-state index is -1.51. The molecule has 1 heterocycles. The number of halogens is 1. The molecule has 0 aliphatic carbocycles. The van der Waals surface area contributed by atoms with Gasteiger partial charge in [-0.3, -0.25) is 28.8 Å². The van der Waals surface area contributed by atoms with Crippen molar-refractivity contribution < 1.29 is 76.4 Å². The fraction of sp³-hybridized carbons (Fsp3) is 0.460. The van der Waals surface area contributed by atoms with Crippen molar-refractivity contribution in [3.8, 4) is 33.8 Å². The van der Waals surface area contributed by atoms with Crippen LogP contribution >= 0.6 is 11.6 Å². The summed E-state index contributed by atoms with van der Waals surface area (Å²) in [7, 11) is 2.43. The van der Waals surface area contributed by atoms with Crippen molar-refractivity contribution in [2.45, 2.75) is 150 Å². The van der Waals surface area contributed by atoms with E-state index in [0.29, 0.717) is 29.0 Å². The smallest absolute Gasteiger partial charge is 0.463 e. The number of hydrogen-bond donors (Lipinski definition) is 2. The van der Waals surface area contributed by atoms with E-state index in [-0.39, 0.29) is 59.8 Å². The van der Waals surface area contributed by atoms with Crippen molar-refractivity contribution in [1.82, 2.24) is 15.5 Å². The summed E-state index contributed by atoms with van der Waals surface area (Å²) in [6, 6.07) is 19.9. The lowest BCUT2D eigenvalue weighted by Crippen LogP contribution is -2.46. The maximum Gasteiger partial charge on any atom is 0.514 e. The monoisotopic (exact) mass is 1170 g/mol. The summed E-state index contributed by atoms with van der Waals surface area (Å²) >= 11 is 6.12. The van der Waals surface area contributed by atoms with Gasteiger partial charge in [0, 0.05) is 72.3 Å². The number of rotatable bonds is 18. The number of ether oxygens (including phenoxy) is 6. The minimum absolute atomic E-state index is 0.0352. The first-order valence-electron chi connectivity index (χ1n) is 27.4. The zero-order valence-electron chi connectivity index (χ0n) is 49.5. The highest BCUT2D eigenvalue weighted by atomic mass is 35.5. The highest BCUT2D eigenvalue weighted by molar-refractivity contribution is 6.34. The molecule has 4 aromatic rings. The van der Waals surface area contributed by atoms with Crippen molar-refractivity contribution in [2.75, 3.05) is 20.7 Å². The van der Waals surface area contributed by atoms with Crippen LogP contribution in [0.5, 0.6) is 11.5 Å². The number of amides is 3. The molecule has 1 aliphatic heterocycles. The van der Waals surface area contributed by atoms with Gasteiger partial charge in [0.2, 0.25) is 17.6 Å². The van der Waals surface area contributed by atoms with Gasteiger partial charge in [0.05, 0.1) is 13.2 Å². The van der Waals surface area contributed by atoms with E-state index in [2.05, 4.69) is 15.4 Å². The van der Waals surface area contributed by atoms with E-state index in [1.165, 1.54) is 62.2 Å². The first kappa shape index (κ1) is 65.9. The van der Waals surface area contributed by atoms with Crippen LogP contribution in [-0.4, -0.2) is 108 Å². The first-order valence-corrected chi connectivity index (χ1v) is 27.8. The van der Waals surface area contributed by atoms with Crippen LogP contribution in [0, 0.1) is 17.8 Å². The molecule has 0 spiro atoms. The standard InChI is InChI=1S/C63H76ClN3O16/c1-36(54(71)57(74)78-13)30-49(69)47-33-38-17-27-51(79-59(76)82-62(6,7)8)45(32-38)46-34-42(24-28-52(46)80-60(77)83-63(9,10)11)53(50(70)31-37(2)55(72)66-47)67(12)56(73)43(16-14-15-29-65-58(75)81-61(3,4)5)35-48(68)41-20-18-39(19-21-41)40-22-25-44(64)26-23-40/h17-28,32,34,36-37,43,47,53H,14-16,29-31,33,35H2,1-13H3,(H,65,75)(H,66,72)/t36-,37-,43-,47+,53+/m1/s1. The highest BCUT2D eigenvalue weighted by Gasteiger charge is 2.38. The lowest BCUT2D eigenvalue weighted by molar-refractivity contribution is -0.153. The summed E-state index contributed by atoms with van der Waals surface area (Å²) in [6.07, 6.45) is -3.56. The summed E-state index contributed by atoms with van der Waals surface area (Å²) in [5, 5.41) is 6.02. The summed E-state index contributed by atoms with van der Waals surface area (Å²) < 4.78 is 32.7. The van der Waals surface area contributed by atoms with Gasteiger partial charge < -0.3 is 44.0 Å². The molecule has 1 aliphatic rings. The average Bonchev–Trinajstić information content (AvgIpc) is 3.52. The summed E-state index contributed by atoms with van der Waals surface area (Å²) in [6.45, 7) is 18.0. The van der Waals surface area contributed by atoms with E-state index < -0.39 is 113 Å². The third-order valence-electron chi connectivity index (χ3n) is 13.1. The Morgan fingerprint density at radius 1 is 0.699 bits per heavy atom. The molecular weight excluding hydrogens is 1090 g/mol. The van der Waals surface area contributed by atoms with Gasteiger partial charge in [-0.1, -0.05) is 80.4 Å². The predicted octanol–water partition coefficient (Wildman–Crippen LogP) is 11.4. The molecule has 4 bridgehead atoms. The SMILES string of the molecule is COC(=O)C(=O)[C@H](C)CC(=O)[C@@H]1Cc2ccc(OC(=O)OC(C)(C)C)c(c2)-c2cc(ccc2OC(=O)OC(C)(C)C)[C@H](N(C)C(=O)[C@H](CCCCNC(=O)OC(C)(C)C)CC(=O)c2ccc(-c3ccc(Cl)cc3)cc2)C(=O)C[C@@H](C)C(=O)N1. The lowest BCUT2D eigenvalue weighted by Gasteiger charge is -2.32. The van der Waals surface area contributed by atoms with E-state index >= 15 is 9.59 Å². The number of ketones is 4. The van der Waals surface area contributed by atoms with Crippen molar-refractivity contribution in [3.63, 3.8) is 0 Å². The minimum Gasteiger partial charge on any atom is -0.463 e. The second-order valence-corrected chi connectivity index (χ2v) is 24.1. The predicted molar refractivity (Wildman–Crippen MR) is 309 cm³/mol. The summed E-state index contributed by atoms with van der Waals surface area (Å²) in [4.78, 5) is 139. The Hall–Kier alpha value is -7.93. The topological polar surface area (TPSA) is 253 Å². The number of nitrogens with zero attached hydrogens (tertiary/aromatic N) is 1. The largest absolute Gasteiger partial charge is 0.514 e. The van der Waals surface area contributed by atoms with Gasteiger partial charge in [-0.15, -0.1) is 0 Å². The molecule has 0 unspecified atom stereocenters. The van der Waals surface area contributed by atoms with Gasteiger partial charge in [-0.25, -0.2) is 19.2 Å². The van der Waals surface area contributed by atoms with E-state index in [4.69, 9.17) is 35.3 Å². The quantitative estimate of drug-likeness (QED) is 0.0234. The van der Waals surface area contributed by atoms with E-state index in [1.54, 1.807) is 98.7 Å². The number of carbonyl (C=O) groups excluding carboxylic acids is 10. The molecule has 20 heteroatoms. The van der Waals surface area contributed by atoms with Gasteiger partial charge in [-0.2, -0.15) is 0 Å². The second-order valence-electron chi connectivity index (χ2n) is 23.7. The molecule has 0 saturated carbocycles. The average molecular weight is 1170 g/mol. The highest BCUT2D eigenvalue weighted by Crippen LogP contribution is 2.42. The molecule has 83 heavy (non-hydrogen) atoms. The Kier molecular flexibility index (Phi) is 22.5. The number of fused-ring (bicyclic) bond motifs is 5. The molecule has 5 rings (SSSR count). The third kappa shape index (κ3) is 19.9. The number of unbranched alkanes of at least 4 members (excludes halogenated alkanes) is 1. The fourth-order valence-electron chi connectivity index (χ4n) is 9.09. The fourth-order valence-corrected chi connectivity index (χ4v) is 9.21. The molecule has 5 atom stereocenters. The number of likely N-dealkylation sites (N-methyl/N-ethyl adjacent to an activating group) is 1. The van der Waals surface area contributed by atoms with Crippen LogP contribution in [0.3, 0.4) is 0 Å². The lowest BCUT2D eigenvalue weighted by atomic mass is 9.87. The Balaban J connectivity index is 1.67. The van der Waals surface area contributed by atoms with Gasteiger partial charge in [0.25, 0.3) is 0 Å². The van der Waals surface area contributed by atoms with E-state index in [1.807, 2.05) is 12.1 Å². The van der Waals surface area contributed by atoms with Crippen LogP contribution in [0.4, 0.5) is 14.4 Å². The molecule has 4 aromatic carbocycles. The number of hydrogen-bond acceptors (Lipinski definition) is 16. The van der Waals surface area contributed by atoms with Crippen LogP contribution < -0.4 is 20.1 Å². The van der Waals surface area contributed by atoms with Crippen LogP contribution in [0.15, 0.2) is 84.9 Å². The summed E-state index contributed by atoms with van der Waals surface area (Å²) in [5.41, 5.74) is -0.183. The Morgan fingerprint density at radius 3 is 1.80 bits per heavy atom. The zero-order chi connectivity index (χ0) is 61.7. The molecule has 0 saturated heterocycles. The van der Waals surface area contributed by atoms with Gasteiger partial charge >= 0.3 is 24.4 Å². The van der Waals surface area contributed by atoms with Crippen LogP contribution in [-0.2, 0) is 54.1 Å². The maximum atomic E-state index is 15.4. The van der Waals surface area contributed by atoms with Crippen molar-refractivity contribution in [2.24, 2.45) is 17.8 Å². The zero-order valence-corrected chi connectivity index (χ0v) is 50.2. The number of Topliss-reactive ketones (excluding diaryl/α,β-unsaturated/α-hetero) is 4. The number of alkyl carbamates (subject to hydrolysis) is 1. The number of carbonyl (C=O) groups is 10. The summed E-state index contributed by atoms with van der Waals surface area (Å²) in [5.74, 6) is -8.80. The molecule has 3 amide bonds.